The van der Waals surface area contributed by atoms with Crippen molar-refractivity contribution in [2.45, 2.75) is 75.2 Å². The van der Waals surface area contributed by atoms with Crippen LogP contribution in [0, 0.1) is 11.3 Å². The summed E-state index contributed by atoms with van der Waals surface area (Å²) in [6.07, 6.45) is 0.329. The van der Waals surface area contributed by atoms with Gasteiger partial charge < -0.3 is 4.74 Å². The van der Waals surface area contributed by atoms with Crippen LogP contribution in [0.5, 0.6) is 0 Å². The van der Waals surface area contributed by atoms with Crippen molar-refractivity contribution in [2.24, 2.45) is 0 Å². The van der Waals surface area contributed by atoms with Crippen LogP contribution in [0.4, 0.5) is 13.2 Å². The Morgan fingerprint density at radius 2 is 2.05 bits per heavy atom. The molecular formula is C14H21F3N2O. The van der Waals surface area contributed by atoms with E-state index in [9.17, 15) is 18.4 Å². The van der Waals surface area contributed by atoms with Crippen molar-refractivity contribution in [1.82, 2.24) is 5.32 Å². The summed E-state index contributed by atoms with van der Waals surface area (Å²) in [5.74, 6) is 0. The molecule has 0 bridgehead atoms. The molecule has 2 fully saturated rings. The van der Waals surface area contributed by atoms with Crippen molar-refractivity contribution in [3.8, 4) is 6.07 Å². The first-order chi connectivity index (χ1) is 9.42. The van der Waals surface area contributed by atoms with Crippen LogP contribution in [-0.4, -0.2) is 30.5 Å². The highest BCUT2D eigenvalue weighted by Crippen LogP contribution is 2.33. The molecule has 0 aromatic heterocycles. The highest BCUT2D eigenvalue weighted by Gasteiger charge is 2.40. The fourth-order valence-corrected chi connectivity index (χ4v) is 2.77. The third-order valence-electron chi connectivity index (χ3n) is 3.94. The van der Waals surface area contributed by atoms with Crippen LogP contribution >= 0.6 is 0 Å². The molecule has 0 aromatic carbocycles. The molecule has 0 amide bonds. The zero-order chi connectivity index (χ0) is 14.6. The van der Waals surface area contributed by atoms with Crippen LogP contribution in [0.25, 0.3) is 0 Å². The summed E-state index contributed by atoms with van der Waals surface area (Å²) in [5, 5.41) is 12.8. The van der Waals surface area contributed by atoms with Crippen molar-refractivity contribution >= 4 is 0 Å². The minimum absolute atomic E-state index is 0.00436. The highest BCUT2D eigenvalue weighted by molar-refractivity contribution is 5.12. The average Bonchev–Trinajstić information content (AvgIpc) is 3.18. The molecule has 2 aliphatic rings. The molecule has 6 heteroatoms. The number of rotatable bonds is 6. The fraction of sp³-hybridized carbons (Fsp3) is 0.929. The van der Waals surface area contributed by atoms with Crippen LogP contribution in [0.1, 0.15) is 51.4 Å². The molecule has 0 saturated heterocycles. The number of nitrogens with zero attached hydrogens (tertiary/aromatic N) is 1. The van der Waals surface area contributed by atoms with Crippen molar-refractivity contribution in [2.75, 3.05) is 6.61 Å². The van der Waals surface area contributed by atoms with E-state index in [-0.39, 0.29) is 19.1 Å². The second kappa shape index (κ2) is 6.31. The van der Waals surface area contributed by atoms with Crippen LogP contribution in [-0.2, 0) is 4.74 Å². The fourth-order valence-electron chi connectivity index (χ4n) is 2.77. The van der Waals surface area contributed by atoms with Gasteiger partial charge in [0.1, 0.15) is 5.54 Å². The number of hydrogen-bond acceptors (Lipinski definition) is 3. The number of alkyl halides is 3. The zero-order valence-corrected chi connectivity index (χ0v) is 11.5. The molecule has 1 N–H and O–H groups in total. The molecule has 2 unspecified atom stereocenters. The van der Waals surface area contributed by atoms with Crippen LogP contribution < -0.4 is 5.32 Å². The van der Waals surface area contributed by atoms with Gasteiger partial charge >= 0.3 is 6.18 Å². The minimum Gasteiger partial charge on any atom is -0.378 e. The van der Waals surface area contributed by atoms with E-state index in [0.29, 0.717) is 12.5 Å². The minimum atomic E-state index is -4.11. The summed E-state index contributed by atoms with van der Waals surface area (Å²) in [6, 6.07) is 2.81. The Hall–Kier alpha value is -0.800. The Morgan fingerprint density at radius 3 is 2.65 bits per heavy atom. The Labute approximate surface area is 117 Å². The van der Waals surface area contributed by atoms with Gasteiger partial charge in [0.05, 0.1) is 12.2 Å². The van der Waals surface area contributed by atoms with E-state index in [0.717, 1.165) is 32.1 Å². The van der Waals surface area contributed by atoms with E-state index in [1.165, 1.54) is 0 Å². The van der Waals surface area contributed by atoms with Gasteiger partial charge in [-0.15, -0.1) is 0 Å². The molecule has 0 aromatic rings. The highest BCUT2D eigenvalue weighted by atomic mass is 19.4. The van der Waals surface area contributed by atoms with Gasteiger partial charge in [-0.25, -0.2) is 0 Å². The van der Waals surface area contributed by atoms with E-state index in [1.54, 1.807) is 0 Å². The summed E-state index contributed by atoms with van der Waals surface area (Å²) in [6.45, 7) is 0.120. The van der Waals surface area contributed by atoms with E-state index in [1.807, 2.05) is 0 Å². The lowest BCUT2D eigenvalue weighted by Crippen LogP contribution is -2.50. The van der Waals surface area contributed by atoms with Gasteiger partial charge in [-0.1, -0.05) is 0 Å². The standard InChI is InChI=1S/C14H21F3N2O/c15-14(16,17)7-2-8-20-12-3-1-6-13(9-12,10-18)19-11-4-5-11/h11-12,19H,1-9H2. The van der Waals surface area contributed by atoms with Crippen molar-refractivity contribution in [3.63, 3.8) is 0 Å². The largest absolute Gasteiger partial charge is 0.389 e. The van der Waals surface area contributed by atoms with Crippen molar-refractivity contribution in [3.05, 3.63) is 0 Å². The van der Waals surface area contributed by atoms with Gasteiger partial charge in [-0.2, -0.15) is 18.4 Å². The Morgan fingerprint density at radius 1 is 1.30 bits per heavy atom. The van der Waals surface area contributed by atoms with Crippen molar-refractivity contribution < 1.29 is 17.9 Å². The van der Waals surface area contributed by atoms with E-state index in [2.05, 4.69) is 11.4 Å². The number of nitriles is 1. The molecule has 114 valence electrons. The number of hydrogen-bond donors (Lipinski definition) is 1. The lowest BCUT2D eigenvalue weighted by molar-refractivity contribution is -0.139. The van der Waals surface area contributed by atoms with Gasteiger partial charge in [0, 0.05) is 25.5 Å². The summed E-state index contributed by atoms with van der Waals surface area (Å²) in [5.41, 5.74) is -0.534. The molecule has 0 spiro atoms. The van der Waals surface area contributed by atoms with E-state index in [4.69, 9.17) is 4.74 Å². The van der Waals surface area contributed by atoms with Crippen molar-refractivity contribution in [1.29, 1.82) is 5.26 Å². The second-order valence-corrected chi connectivity index (χ2v) is 5.92. The quantitative estimate of drug-likeness (QED) is 0.763. The van der Waals surface area contributed by atoms with Gasteiger partial charge in [-0.3, -0.25) is 5.32 Å². The third-order valence-corrected chi connectivity index (χ3v) is 3.94. The molecule has 20 heavy (non-hydrogen) atoms. The molecule has 2 rings (SSSR count). The summed E-state index contributed by atoms with van der Waals surface area (Å²) >= 11 is 0. The average molecular weight is 290 g/mol. The normalized spacial score (nSPS) is 31.0. The monoisotopic (exact) mass is 290 g/mol. The number of nitrogens with one attached hydrogen (secondary N) is 1. The maximum absolute atomic E-state index is 12.0. The maximum atomic E-state index is 12.0. The van der Waals surface area contributed by atoms with Gasteiger partial charge in [-0.05, 0) is 38.5 Å². The van der Waals surface area contributed by atoms with Gasteiger partial charge in [0.15, 0.2) is 0 Å². The molecular weight excluding hydrogens is 269 g/mol. The number of ether oxygens (including phenoxy) is 1. The number of halogens is 3. The van der Waals surface area contributed by atoms with Gasteiger partial charge in [0.2, 0.25) is 0 Å². The predicted molar refractivity (Wildman–Crippen MR) is 68.0 cm³/mol. The van der Waals surface area contributed by atoms with E-state index >= 15 is 0 Å². The summed E-state index contributed by atoms with van der Waals surface area (Å²) in [7, 11) is 0. The first kappa shape index (κ1) is 15.6. The van der Waals surface area contributed by atoms with Gasteiger partial charge in [0.25, 0.3) is 0 Å². The molecule has 0 heterocycles. The van der Waals surface area contributed by atoms with E-state index < -0.39 is 18.1 Å². The zero-order valence-electron chi connectivity index (χ0n) is 11.5. The first-order valence-electron chi connectivity index (χ1n) is 7.30. The molecule has 2 atom stereocenters. The third kappa shape index (κ3) is 4.95. The molecule has 0 aliphatic heterocycles. The lowest BCUT2D eigenvalue weighted by Gasteiger charge is -2.36. The molecule has 3 nitrogen and oxygen atoms in total. The molecule has 2 aliphatic carbocycles. The smallest absolute Gasteiger partial charge is 0.378 e. The van der Waals surface area contributed by atoms with Crippen LogP contribution in [0.2, 0.25) is 0 Å². The second-order valence-electron chi connectivity index (χ2n) is 5.92. The summed E-state index contributed by atoms with van der Waals surface area (Å²) < 4.78 is 41.7. The molecule has 2 saturated carbocycles. The maximum Gasteiger partial charge on any atom is 0.389 e. The Bertz CT molecular complexity index is 362. The topological polar surface area (TPSA) is 45.0 Å². The SMILES string of the molecule is N#CC1(NC2CC2)CCCC(OCCCC(F)(F)F)C1. The lowest BCUT2D eigenvalue weighted by atomic mass is 9.81. The predicted octanol–water partition coefficient (Wildman–Crippen LogP) is 3.30. The Kier molecular flexibility index (Phi) is 4.92. The first-order valence-corrected chi connectivity index (χ1v) is 7.30. The Balaban J connectivity index is 1.73. The molecule has 0 radical (unpaired) electrons. The van der Waals surface area contributed by atoms with Crippen LogP contribution in [0.3, 0.4) is 0 Å². The summed E-state index contributed by atoms with van der Waals surface area (Å²) in [4.78, 5) is 0. The van der Waals surface area contributed by atoms with Crippen LogP contribution in [0.15, 0.2) is 0 Å².